The number of ether oxygens (including phenoxy) is 2. The zero-order valence-corrected chi connectivity index (χ0v) is 18.0. The highest BCUT2D eigenvalue weighted by atomic mass is 16.5. The molecular formula is C23H30N2O4. The third-order valence-electron chi connectivity index (χ3n) is 4.71. The van der Waals surface area contributed by atoms with E-state index < -0.39 is 0 Å². The summed E-state index contributed by atoms with van der Waals surface area (Å²) in [6.45, 7) is 8.97. The maximum atomic E-state index is 10.3. The van der Waals surface area contributed by atoms with E-state index in [4.69, 9.17) is 9.47 Å². The van der Waals surface area contributed by atoms with Crippen LogP contribution in [-0.4, -0.2) is 48.9 Å². The fourth-order valence-electron chi connectivity index (χ4n) is 2.84. The van der Waals surface area contributed by atoms with Gasteiger partial charge in [0, 0.05) is 41.1 Å². The molecule has 156 valence electrons. The van der Waals surface area contributed by atoms with Gasteiger partial charge in [-0.15, -0.1) is 0 Å². The van der Waals surface area contributed by atoms with Crippen LogP contribution in [-0.2, 0) is 0 Å². The Morgan fingerprint density at radius 3 is 1.52 bits per heavy atom. The van der Waals surface area contributed by atoms with Gasteiger partial charge in [0.25, 0.3) is 0 Å². The molecule has 29 heavy (non-hydrogen) atoms. The minimum absolute atomic E-state index is 0.0939. The van der Waals surface area contributed by atoms with Crippen LogP contribution in [0.5, 0.6) is 23.0 Å². The van der Waals surface area contributed by atoms with Crippen LogP contribution >= 0.6 is 0 Å². The van der Waals surface area contributed by atoms with Crippen LogP contribution in [0, 0.1) is 5.41 Å². The van der Waals surface area contributed by atoms with Crippen LogP contribution in [0.3, 0.4) is 0 Å². The van der Waals surface area contributed by atoms with Crippen molar-refractivity contribution in [3.8, 4) is 23.0 Å². The highest BCUT2D eigenvalue weighted by molar-refractivity contribution is 6.02. The fourth-order valence-corrected chi connectivity index (χ4v) is 2.84. The van der Waals surface area contributed by atoms with Gasteiger partial charge in [-0.25, -0.2) is 0 Å². The van der Waals surface area contributed by atoms with E-state index in [2.05, 4.69) is 23.8 Å². The molecule has 0 aromatic heterocycles. The highest BCUT2D eigenvalue weighted by Crippen LogP contribution is 2.31. The molecule has 0 radical (unpaired) electrons. The number of nitrogens with zero attached hydrogens (tertiary/aromatic N) is 2. The number of aromatic hydroxyl groups is 2. The molecule has 2 aromatic rings. The van der Waals surface area contributed by atoms with E-state index in [0.717, 1.165) is 11.4 Å². The summed E-state index contributed by atoms with van der Waals surface area (Å²) >= 11 is 0. The lowest BCUT2D eigenvalue weighted by Gasteiger charge is -2.21. The third kappa shape index (κ3) is 5.50. The van der Waals surface area contributed by atoms with Crippen LogP contribution in [0.1, 0.15) is 38.8 Å². The first kappa shape index (κ1) is 22.3. The van der Waals surface area contributed by atoms with E-state index in [1.54, 1.807) is 12.1 Å². The first-order valence-electron chi connectivity index (χ1n) is 9.45. The number of benzene rings is 2. The molecule has 6 heteroatoms. The van der Waals surface area contributed by atoms with Crippen molar-refractivity contribution in [1.82, 2.24) is 0 Å². The van der Waals surface area contributed by atoms with Gasteiger partial charge in [0.15, 0.2) is 23.0 Å². The first-order chi connectivity index (χ1) is 13.7. The molecule has 0 amide bonds. The molecule has 0 saturated carbocycles. The average Bonchev–Trinajstić information content (AvgIpc) is 2.70. The van der Waals surface area contributed by atoms with Crippen LogP contribution in [0.25, 0.3) is 0 Å². The molecule has 0 bridgehead atoms. The average molecular weight is 399 g/mol. The molecule has 6 nitrogen and oxygen atoms in total. The van der Waals surface area contributed by atoms with Crippen LogP contribution in [0.4, 0.5) is 0 Å². The number of para-hydroxylation sites is 2. The van der Waals surface area contributed by atoms with E-state index in [1.807, 2.05) is 38.1 Å². The number of hydrogen-bond donors (Lipinski definition) is 2. The van der Waals surface area contributed by atoms with E-state index in [9.17, 15) is 10.2 Å². The Morgan fingerprint density at radius 1 is 0.793 bits per heavy atom. The Labute approximate surface area is 172 Å². The lowest BCUT2D eigenvalue weighted by atomic mass is 9.93. The number of hydrogen-bond acceptors (Lipinski definition) is 6. The largest absolute Gasteiger partial charge is 0.504 e. The van der Waals surface area contributed by atoms with Gasteiger partial charge in [-0.3, -0.25) is 9.98 Å². The maximum absolute atomic E-state index is 10.3. The summed E-state index contributed by atoms with van der Waals surface area (Å²) in [5, 5.41) is 20.6. The number of methoxy groups -OCH3 is 2. The Kier molecular flexibility index (Phi) is 7.26. The summed E-state index contributed by atoms with van der Waals surface area (Å²) in [6, 6.07) is 10.7. The van der Waals surface area contributed by atoms with Gasteiger partial charge in [-0.1, -0.05) is 26.0 Å². The Morgan fingerprint density at radius 2 is 1.17 bits per heavy atom. The van der Waals surface area contributed by atoms with Crippen molar-refractivity contribution in [2.45, 2.75) is 27.7 Å². The summed E-state index contributed by atoms with van der Waals surface area (Å²) < 4.78 is 10.3. The van der Waals surface area contributed by atoms with Crippen molar-refractivity contribution in [3.05, 3.63) is 47.5 Å². The predicted molar refractivity (Wildman–Crippen MR) is 117 cm³/mol. The molecule has 0 aliphatic heterocycles. The van der Waals surface area contributed by atoms with Crippen LogP contribution in [0.15, 0.2) is 46.4 Å². The van der Waals surface area contributed by atoms with Crippen molar-refractivity contribution >= 4 is 11.4 Å². The molecule has 0 heterocycles. The Balaban J connectivity index is 2.14. The molecule has 0 fully saturated rings. The maximum Gasteiger partial charge on any atom is 0.166 e. The minimum Gasteiger partial charge on any atom is -0.504 e. The van der Waals surface area contributed by atoms with Crippen LogP contribution < -0.4 is 9.47 Å². The molecule has 2 aromatic carbocycles. The quantitative estimate of drug-likeness (QED) is 0.643. The van der Waals surface area contributed by atoms with Gasteiger partial charge in [0.1, 0.15) is 0 Å². The first-order valence-corrected chi connectivity index (χ1v) is 9.45. The monoisotopic (exact) mass is 398 g/mol. The van der Waals surface area contributed by atoms with E-state index in [0.29, 0.717) is 35.7 Å². The molecule has 0 saturated heterocycles. The van der Waals surface area contributed by atoms with Crippen molar-refractivity contribution in [1.29, 1.82) is 0 Å². The van der Waals surface area contributed by atoms with Gasteiger partial charge in [0.05, 0.1) is 14.2 Å². The van der Waals surface area contributed by atoms with E-state index >= 15 is 0 Å². The lowest BCUT2D eigenvalue weighted by Crippen LogP contribution is -2.21. The second-order valence-corrected chi connectivity index (χ2v) is 7.68. The van der Waals surface area contributed by atoms with Gasteiger partial charge in [0.2, 0.25) is 0 Å². The van der Waals surface area contributed by atoms with Crippen molar-refractivity contribution in [2.75, 3.05) is 27.3 Å². The Hall–Kier alpha value is -3.02. The summed E-state index contributed by atoms with van der Waals surface area (Å²) in [7, 11) is 3.05. The lowest BCUT2D eigenvalue weighted by molar-refractivity contribution is 0.372. The second kappa shape index (κ2) is 9.45. The molecule has 2 rings (SSSR count). The van der Waals surface area contributed by atoms with E-state index in [1.165, 1.54) is 14.2 Å². The fraction of sp³-hybridized carbons (Fsp3) is 0.391. The van der Waals surface area contributed by atoms with Gasteiger partial charge < -0.3 is 19.7 Å². The zero-order chi connectivity index (χ0) is 21.6. The molecule has 0 aliphatic rings. The zero-order valence-electron chi connectivity index (χ0n) is 18.0. The summed E-state index contributed by atoms with van der Waals surface area (Å²) in [5.74, 6) is 1.04. The van der Waals surface area contributed by atoms with Crippen LogP contribution in [0.2, 0.25) is 0 Å². The summed E-state index contributed by atoms with van der Waals surface area (Å²) in [6.07, 6.45) is 0. The molecule has 0 spiro atoms. The number of phenols is 2. The molecule has 2 N–H and O–H groups in total. The summed E-state index contributed by atoms with van der Waals surface area (Å²) in [5.41, 5.74) is 2.58. The van der Waals surface area contributed by atoms with E-state index in [-0.39, 0.29) is 16.9 Å². The van der Waals surface area contributed by atoms with Crippen molar-refractivity contribution in [3.63, 3.8) is 0 Å². The number of rotatable bonds is 8. The predicted octanol–water partition coefficient (Wildman–Crippen LogP) is 4.46. The topological polar surface area (TPSA) is 83.6 Å². The number of aliphatic imine (C=N–C) groups is 2. The second-order valence-electron chi connectivity index (χ2n) is 7.68. The minimum atomic E-state index is -0.203. The highest BCUT2D eigenvalue weighted by Gasteiger charge is 2.19. The van der Waals surface area contributed by atoms with Crippen molar-refractivity contribution < 1.29 is 19.7 Å². The molecule has 0 unspecified atom stereocenters. The molecule has 0 atom stereocenters. The third-order valence-corrected chi connectivity index (χ3v) is 4.71. The SMILES string of the molecule is COc1cccc(C(C)=NCC(C)(C)CN=C(C)c2cccc(OC)c2O)c1O. The van der Waals surface area contributed by atoms with Crippen molar-refractivity contribution in [2.24, 2.45) is 15.4 Å². The Bertz CT molecular complexity index is 844. The number of phenolic OH excluding ortho intramolecular Hbond substituents is 2. The standard InChI is InChI=1S/C23H30N2O4/c1-15(17-9-7-11-19(28-5)21(17)26)24-13-23(3,4)14-25-16(2)18-10-8-12-20(29-6)22(18)27/h7-12,26-27H,13-14H2,1-6H3. The van der Waals surface area contributed by atoms with Gasteiger partial charge in [-0.2, -0.15) is 0 Å². The summed E-state index contributed by atoms with van der Waals surface area (Å²) in [4.78, 5) is 9.32. The molecule has 0 aliphatic carbocycles. The normalized spacial score (nSPS) is 12.8. The van der Waals surface area contributed by atoms with Gasteiger partial charge in [-0.05, 0) is 38.1 Å². The molecular weight excluding hydrogens is 368 g/mol. The smallest absolute Gasteiger partial charge is 0.166 e. The van der Waals surface area contributed by atoms with Gasteiger partial charge >= 0.3 is 0 Å².